The highest BCUT2D eigenvalue weighted by molar-refractivity contribution is 8.00. The zero-order chi connectivity index (χ0) is 24.8. The molecular formula is C24H25ClFN5O2S. The van der Waals surface area contributed by atoms with Gasteiger partial charge in [-0.1, -0.05) is 35.5 Å². The van der Waals surface area contributed by atoms with Gasteiger partial charge in [-0.2, -0.15) is 0 Å². The molecule has 2 amide bonds. The summed E-state index contributed by atoms with van der Waals surface area (Å²) in [5.41, 5.74) is 3.33. The van der Waals surface area contributed by atoms with Crippen LogP contribution in [-0.4, -0.2) is 31.8 Å². The van der Waals surface area contributed by atoms with E-state index in [-0.39, 0.29) is 23.3 Å². The van der Waals surface area contributed by atoms with Crippen molar-refractivity contribution in [3.05, 3.63) is 76.8 Å². The van der Waals surface area contributed by atoms with Crippen LogP contribution in [0.15, 0.2) is 54.2 Å². The molecule has 0 aliphatic carbocycles. The number of aryl methyl sites for hydroxylation is 2. The third-order valence-corrected chi connectivity index (χ3v) is 6.42. The van der Waals surface area contributed by atoms with Crippen molar-refractivity contribution in [2.75, 3.05) is 10.6 Å². The smallest absolute Gasteiger partial charge is 0.237 e. The first kappa shape index (κ1) is 25.5. The maximum atomic E-state index is 13.3. The average molecular weight is 502 g/mol. The van der Waals surface area contributed by atoms with Crippen LogP contribution in [0.4, 0.5) is 15.8 Å². The molecule has 1 atom stereocenters. The van der Waals surface area contributed by atoms with E-state index in [1.807, 2.05) is 32.0 Å². The van der Waals surface area contributed by atoms with Crippen molar-refractivity contribution in [1.29, 1.82) is 0 Å². The average Bonchev–Trinajstić information content (AvgIpc) is 3.14. The molecule has 0 bridgehead atoms. The van der Waals surface area contributed by atoms with Gasteiger partial charge in [0.2, 0.25) is 11.8 Å². The van der Waals surface area contributed by atoms with Crippen molar-refractivity contribution in [2.24, 2.45) is 0 Å². The highest BCUT2D eigenvalue weighted by Gasteiger charge is 2.21. The molecule has 0 fully saturated rings. The second-order valence-electron chi connectivity index (χ2n) is 7.70. The number of hydrogen-bond acceptors (Lipinski definition) is 5. The van der Waals surface area contributed by atoms with Crippen molar-refractivity contribution >= 4 is 46.6 Å². The lowest BCUT2D eigenvalue weighted by Crippen LogP contribution is -2.23. The number of nitrogens with zero attached hydrogens (tertiary/aromatic N) is 3. The summed E-state index contributed by atoms with van der Waals surface area (Å²) in [4.78, 5) is 25.2. The van der Waals surface area contributed by atoms with Crippen molar-refractivity contribution < 1.29 is 14.0 Å². The van der Waals surface area contributed by atoms with Gasteiger partial charge in [-0.3, -0.25) is 9.59 Å². The van der Waals surface area contributed by atoms with Crippen LogP contribution in [0.1, 0.15) is 23.9 Å². The summed E-state index contributed by atoms with van der Waals surface area (Å²) in [5.74, 6) is -0.637. The van der Waals surface area contributed by atoms with Crippen molar-refractivity contribution in [2.45, 2.75) is 44.1 Å². The Balaban J connectivity index is 1.67. The van der Waals surface area contributed by atoms with Crippen LogP contribution >= 0.6 is 23.4 Å². The number of nitrogens with one attached hydrogen (secondary N) is 2. The number of rotatable bonds is 9. The van der Waals surface area contributed by atoms with E-state index in [0.29, 0.717) is 28.9 Å². The SMILES string of the molecule is C=CCn1c(CC(=O)Nc2ccc(C)c(C)c2)nnc1SC(C)C(=O)Nc1ccc(F)c(Cl)c1. The molecule has 2 N–H and O–H groups in total. The molecule has 1 aromatic heterocycles. The predicted octanol–water partition coefficient (Wildman–Crippen LogP) is 5.17. The molecule has 0 aliphatic rings. The first-order chi connectivity index (χ1) is 16.2. The highest BCUT2D eigenvalue weighted by Crippen LogP contribution is 2.25. The predicted molar refractivity (Wildman–Crippen MR) is 134 cm³/mol. The molecule has 0 radical (unpaired) electrons. The Kier molecular flexibility index (Phi) is 8.46. The van der Waals surface area contributed by atoms with Crippen LogP contribution in [0.3, 0.4) is 0 Å². The van der Waals surface area contributed by atoms with E-state index in [2.05, 4.69) is 27.4 Å². The molecule has 1 heterocycles. The van der Waals surface area contributed by atoms with E-state index in [9.17, 15) is 14.0 Å². The van der Waals surface area contributed by atoms with E-state index in [4.69, 9.17) is 11.6 Å². The summed E-state index contributed by atoms with van der Waals surface area (Å²) in [6.07, 6.45) is 1.69. The van der Waals surface area contributed by atoms with E-state index < -0.39 is 11.1 Å². The van der Waals surface area contributed by atoms with Crippen LogP contribution in [0, 0.1) is 19.7 Å². The van der Waals surface area contributed by atoms with E-state index >= 15 is 0 Å². The summed E-state index contributed by atoms with van der Waals surface area (Å²) in [6, 6.07) is 9.68. The minimum absolute atomic E-state index is 0.0168. The molecule has 2 aromatic carbocycles. The first-order valence-electron chi connectivity index (χ1n) is 10.5. The summed E-state index contributed by atoms with van der Waals surface area (Å²) in [5, 5.41) is 13.8. The Morgan fingerprint density at radius 2 is 1.85 bits per heavy atom. The summed E-state index contributed by atoms with van der Waals surface area (Å²) < 4.78 is 15.1. The lowest BCUT2D eigenvalue weighted by molar-refractivity contribution is -0.116. The second kappa shape index (κ2) is 11.3. The van der Waals surface area contributed by atoms with E-state index in [1.54, 1.807) is 17.6 Å². The van der Waals surface area contributed by atoms with Gasteiger partial charge >= 0.3 is 0 Å². The van der Waals surface area contributed by atoms with Gasteiger partial charge in [-0.15, -0.1) is 16.8 Å². The van der Waals surface area contributed by atoms with Crippen LogP contribution in [0.25, 0.3) is 0 Å². The molecule has 1 unspecified atom stereocenters. The maximum absolute atomic E-state index is 13.3. The number of hydrogen-bond donors (Lipinski definition) is 2. The number of benzene rings is 2. The zero-order valence-corrected chi connectivity index (χ0v) is 20.6. The fraction of sp³-hybridized carbons (Fsp3) is 0.250. The molecule has 0 aliphatic heterocycles. The topological polar surface area (TPSA) is 88.9 Å². The van der Waals surface area contributed by atoms with E-state index in [0.717, 1.165) is 11.1 Å². The summed E-state index contributed by atoms with van der Waals surface area (Å²) in [7, 11) is 0. The van der Waals surface area contributed by atoms with Crippen LogP contribution < -0.4 is 10.6 Å². The number of allylic oxidation sites excluding steroid dienone is 1. The third-order valence-electron chi connectivity index (χ3n) is 5.05. The van der Waals surface area contributed by atoms with Gasteiger partial charge in [-0.25, -0.2) is 4.39 Å². The van der Waals surface area contributed by atoms with Crippen molar-refractivity contribution in [1.82, 2.24) is 14.8 Å². The molecule has 10 heteroatoms. The standard InChI is InChI=1S/C24H25ClFN5O2S/c1-5-10-31-21(13-22(32)27-17-7-6-14(2)15(3)11-17)29-30-24(31)34-16(4)23(33)28-18-8-9-20(26)19(25)12-18/h5-9,11-12,16H,1,10,13H2,2-4H3,(H,27,32)(H,28,33). The number of amides is 2. The van der Waals surface area contributed by atoms with Crippen molar-refractivity contribution in [3.8, 4) is 0 Å². The zero-order valence-electron chi connectivity index (χ0n) is 19.1. The molecule has 3 rings (SSSR count). The maximum Gasteiger partial charge on any atom is 0.237 e. The Morgan fingerprint density at radius 1 is 1.15 bits per heavy atom. The minimum atomic E-state index is -0.561. The fourth-order valence-corrected chi connectivity index (χ4v) is 4.10. The monoisotopic (exact) mass is 501 g/mol. The lowest BCUT2D eigenvalue weighted by Gasteiger charge is -2.13. The summed E-state index contributed by atoms with van der Waals surface area (Å²) >= 11 is 6.97. The van der Waals surface area contributed by atoms with Gasteiger partial charge in [0.15, 0.2) is 5.16 Å². The minimum Gasteiger partial charge on any atom is -0.326 e. The normalized spacial score (nSPS) is 11.7. The molecule has 34 heavy (non-hydrogen) atoms. The fourth-order valence-electron chi connectivity index (χ4n) is 3.05. The van der Waals surface area contributed by atoms with Crippen LogP contribution in [0.5, 0.6) is 0 Å². The Hall–Kier alpha value is -3.17. The Bertz CT molecular complexity index is 1230. The molecule has 0 saturated carbocycles. The molecule has 0 saturated heterocycles. The number of aromatic nitrogens is 3. The van der Waals surface area contributed by atoms with Gasteiger partial charge in [0.05, 0.1) is 16.7 Å². The number of carbonyl (C=O) groups is 2. The summed E-state index contributed by atoms with van der Waals surface area (Å²) in [6.45, 7) is 9.84. The molecule has 3 aromatic rings. The van der Waals surface area contributed by atoms with Crippen molar-refractivity contribution in [3.63, 3.8) is 0 Å². The number of thioether (sulfide) groups is 1. The quantitative estimate of drug-likeness (QED) is 0.312. The highest BCUT2D eigenvalue weighted by atomic mass is 35.5. The van der Waals surface area contributed by atoms with Gasteiger partial charge < -0.3 is 15.2 Å². The molecular weight excluding hydrogens is 477 g/mol. The third kappa shape index (κ3) is 6.45. The van der Waals surface area contributed by atoms with E-state index in [1.165, 1.54) is 30.0 Å². The Morgan fingerprint density at radius 3 is 2.53 bits per heavy atom. The van der Waals surface area contributed by atoms with Gasteiger partial charge in [-0.05, 0) is 62.2 Å². The largest absolute Gasteiger partial charge is 0.326 e. The lowest BCUT2D eigenvalue weighted by atomic mass is 10.1. The van der Waals surface area contributed by atoms with Gasteiger partial charge in [0.25, 0.3) is 0 Å². The molecule has 7 nitrogen and oxygen atoms in total. The van der Waals surface area contributed by atoms with Crippen LogP contribution in [0.2, 0.25) is 5.02 Å². The molecule has 0 spiro atoms. The number of anilines is 2. The second-order valence-corrected chi connectivity index (χ2v) is 9.42. The molecule has 178 valence electrons. The number of carbonyl (C=O) groups excluding carboxylic acids is 2. The first-order valence-corrected chi connectivity index (χ1v) is 11.8. The van der Waals surface area contributed by atoms with Crippen LogP contribution in [-0.2, 0) is 22.6 Å². The van der Waals surface area contributed by atoms with Gasteiger partial charge in [0, 0.05) is 17.9 Å². The Labute approximate surface area is 206 Å². The number of halogens is 2. The van der Waals surface area contributed by atoms with Gasteiger partial charge in [0.1, 0.15) is 11.6 Å².